The zero-order valence-electron chi connectivity index (χ0n) is 41.4. The Labute approximate surface area is 232 Å². The van der Waals surface area contributed by atoms with Crippen molar-refractivity contribution in [2.45, 2.75) is 38.3 Å². The van der Waals surface area contributed by atoms with Gasteiger partial charge >= 0.3 is 0 Å². The number of piperidine rings is 1. The van der Waals surface area contributed by atoms with Gasteiger partial charge in [-0.05, 0) is 30.1 Å². The Morgan fingerprint density at radius 1 is 1.26 bits per heavy atom. The summed E-state index contributed by atoms with van der Waals surface area (Å²) in [6, 6.07) is -13.6. The third-order valence-electron chi connectivity index (χ3n) is 4.20. The molecule has 0 aromatic heterocycles. The van der Waals surface area contributed by atoms with Crippen molar-refractivity contribution >= 4 is 23.4 Å². The molecule has 2 aromatic rings. The molecule has 2 aromatic carbocycles. The molecule has 3 amide bonds. The molecule has 178 valence electrons. The highest BCUT2D eigenvalue weighted by Crippen LogP contribution is 2.32. The van der Waals surface area contributed by atoms with Crippen molar-refractivity contribution in [3.05, 3.63) is 64.3 Å². The molecule has 0 saturated carbocycles. The minimum absolute atomic E-state index is 0.563. The second-order valence-electron chi connectivity index (χ2n) is 6.30. The highest BCUT2D eigenvalue weighted by Gasteiger charge is 2.39. The number of fused-ring (bicyclic) bond motifs is 1. The first-order chi connectivity index (χ1) is 26.1. The van der Waals surface area contributed by atoms with E-state index in [-0.39, 0.29) is 0 Å². The number of nitrogens with one attached hydrogen (secondary N) is 2. The molecule has 0 aliphatic carbocycles. The maximum atomic E-state index is 16.4. The molecule has 5 rings (SSSR count). The molecule has 0 bridgehead atoms. The predicted molar refractivity (Wildman–Crippen MR) is 122 cm³/mol. The van der Waals surface area contributed by atoms with Gasteiger partial charge < -0.3 is 15.0 Å². The normalized spacial score (nSPS) is 45.0. The van der Waals surface area contributed by atoms with Crippen molar-refractivity contribution in [3.8, 4) is 0 Å². The van der Waals surface area contributed by atoms with Crippen molar-refractivity contribution in [1.82, 2.24) is 15.1 Å². The minimum Gasteiger partial charge on any atom is -0.381 e. The van der Waals surface area contributed by atoms with Gasteiger partial charge in [0.2, 0.25) is 11.8 Å². The van der Waals surface area contributed by atoms with Gasteiger partial charge in [-0.25, -0.2) is 4.39 Å². The Morgan fingerprint density at radius 2 is 2.09 bits per heavy atom. The van der Waals surface area contributed by atoms with Gasteiger partial charge in [-0.15, -0.1) is 0 Å². The predicted octanol–water partition coefficient (Wildman–Crippen LogP) is 2.03. The van der Waals surface area contributed by atoms with E-state index in [1.165, 1.54) is 5.32 Å². The summed E-state index contributed by atoms with van der Waals surface area (Å²) in [5.41, 5.74) is -7.71. The summed E-state index contributed by atoms with van der Waals surface area (Å²) in [5.74, 6) is -8.33. The molecule has 9 heteroatoms. The van der Waals surface area contributed by atoms with Gasteiger partial charge in [-0.1, -0.05) is 18.1 Å². The summed E-state index contributed by atoms with van der Waals surface area (Å²) in [4.78, 5) is 37.9. The first-order valence-corrected chi connectivity index (χ1v) is 9.05. The third-order valence-corrected chi connectivity index (χ3v) is 4.20. The summed E-state index contributed by atoms with van der Waals surface area (Å²) >= 11 is 0. The number of hydrogen-bond donors (Lipinski definition) is 2. The average Bonchev–Trinajstić information content (AvgIpc) is 3.26. The number of rotatable bonds is 6. The topological polar surface area (TPSA) is 91.0 Å². The van der Waals surface area contributed by atoms with Gasteiger partial charge in [0.25, 0.3) is 5.91 Å². The molecule has 2 N–H and O–H groups in total. The second kappa shape index (κ2) is 9.52. The fourth-order valence-corrected chi connectivity index (χ4v) is 2.74. The van der Waals surface area contributed by atoms with E-state index in [1.807, 2.05) is 0 Å². The zero-order valence-corrected chi connectivity index (χ0v) is 16.4. The van der Waals surface area contributed by atoms with E-state index in [9.17, 15) is 14.4 Å². The molecular formula is C25H27FN4O4. The number of carbonyl (C=O) groups is 3. The number of benzene rings is 2. The van der Waals surface area contributed by atoms with Crippen LogP contribution in [0.5, 0.6) is 0 Å². The van der Waals surface area contributed by atoms with Gasteiger partial charge in [0.15, 0.2) is 0 Å². The van der Waals surface area contributed by atoms with Gasteiger partial charge in [0, 0.05) is 74.9 Å². The zero-order chi connectivity index (χ0) is 45.9. The first-order valence-electron chi connectivity index (χ1n) is 21.6. The quantitative estimate of drug-likeness (QED) is 0.601. The van der Waals surface area contributed by atoms with Crippen LogP contribution in [0.2, 0.25) is 0 Å². The number of ether oxygens (including phenoxy) is 1. The van der Waals surface area contributed by atoms with Gasteiger partial charge in [0.1, 0.15) is 11.8 Å². The number of morpholine rings is 1. The Kier molecular flexibility index (Phi) is 2.13. The van der Waals surface area contributed by atoms with Crippen LogP contribution in [0, 0.1) is 5.82 Å². The molecule has 3 aliphatic rings. The van der Waals surface area contributed by atoms with Crippen LogP contribution in [-0.4, -0.2) is 59.7 Å². The number of amides is 3. The fourth-order valence-electron chi connectivity index (χ4n) is 2.74. The van der Waals surface area contributed by atoms with E-state index >= 15 is 4.39 Å². The number of nitrogens with zero attached hydrogens (tertiary/aromatic N) is 2. The lowest BCUT2D eigenvalue weighted by atomic mass is 10.0. The Balaban J connectivity index is 1.73. The average molecular weight is 492 g/mol. The number of carbonyl (C=O) groups excluding carboxylic acids is 3. The van der Waals surface area contributed by atoms with E-state index in [2.05, 4.69) is 4.74 Å². The van der Waals surface area contributed by atoms with Crippen molar-refractivity contribution < 1.29 is 57.8 Å². The highest BCUT2D eigenvalue weighted by atomic mass is 19.1. The lowest BCUT2D eigenvalue weighted by Crippen LogP contribution is -2.52. The monoisotopic (exact) mass is 491 g/mol. The summed E-state index contributed by atoms with van der Waals surface area (Å²) in [6.45, 7) is -27.8. The van der Waals surface area contributed by atoms with Crippen LogP contribution in [0.4, 0.5) is 10.1 Å². The molecule has 1 atom stereocenters. The third kappa shape index (κ3) is 4.53. The van der Waals surface area contributed by atoms with Crippen LogP contribution in [0.3, 0.4) is 0 Å². The minimum atomic E-state index is -4.16. The molecule has 3 heterocycles. The van der Waals surface area contributed by atoms with Gasteiger partial charge in [-0.2, -0.15) is 0 Å². The van der Waals surface area contributed by atoms with Crippen molar-refractivity contribution in [1.29, 1.82) is 0 Å². The van der Waals surface area contributed by atoms with E-state index in [0.29, 0.717) is 0 Å². The highest BCUT2D eigenvalue weighted by molar-refractivity contribution is 6.06. The van der Waals surface area contributed by atoms with E-state index in [0.717, 1.165) is 0 Å². The van der Waals surface area contributed by atoms with E-state index in [1.54, 1.807) is 5.32 Å². The summed E-state index contributed by atoms with van der Waals surface area (Å²) in [5, 5.41) is 3.03. The molecule has 3 aliphatic heterocycles. The molecular weight excluding hydrogens is 439 g/mol. The Morgan fingerprint density at radius 3 is 2.91 bits per heavy atom. The fraction of sp³-hybridized carbons (Fsp3) is 0.400. The lowest BCUT2D eigenvalue weighted by Gasteiger charge is -2.29. The molecule has 8 nitrogen and oxygen atoms in total. The number of anilines is 1. The van der Waals surface area contributed by atoms with Crippen LogP contribution >= 0.6 is 0 Å². The Hall–Kier alpha value is -3.30. The summed E-state index contributed by atoms with van der Waals surface area (Å²) in [6.07, 6.45) is -7.95. The molecule has 2 fully saturated rings. The van der Waals surface area contributed by atoms with Crippen LogP contribution in [0.25, 0.3) is 0 Å². The van der Waals surface area contributed by atoms with Crippen LogP contribution < -0.4 is 10.6 Å². The van der Waals surface area contributed by atoms with E-state index in [4.69, 9.17) is 34.3 Å². The van der Waals surface area contributed by atoms with Crippen LogP contribution in [-0.2, 0) is 33.8 Å². The second-order valence-corrected chi connectivity index (χ2v) is 6.30. The van der Waals surface area contributed by atoms with Gasteiger partial charge in [0.05, 0.1) is 33.7 Å². The van der Waals surface area contributed by atoms with Crippen molar-refractivity contribution in [3.63, 3.8) is 0 Å². The summed E-state index contributed by atoms with van der Waals surface area (Å²) in [7, 11) is 0. The lowest BCUT2D eigenvalue weighted by molar-refractivity contribution is -0.136. The maximum absolute atomic E-state index is 16.4. The van der Waals surface area contributed by atoms with Crippen molar-refractivity contribution in [2.24, 2.45) is 0 Å². The largest absolute Gasteiger partial charge is 0.381 e. The van der Waals surface area contributed by atoms with E-state index < -0.39 is 162 Å². The SMILES string of the molecule is [2H]c1c([2H])c(NC([2H])([2H])c2c([2H])c([2H])c(C([2H])([2H])N3C([2H])([2H])C([2H])([2H])OC([2H])([2H])C3([2H])[2H])c([2H])c2F)c2c(c1[2H])C(=O)N([C@@]1([2H])C(=O)NC(=O)C([2H])([2H])C1([2H])[2H])C2([2H])[2H]. The standard InChI is InChI=1S/C25H27FN4O4/c26-20-12-16(14-29-8-10-34-11-9-29)4-5-17(20)13-27-21-3-1-2-18-19(21)15-30(25(18)33)22-6-7-23(31)28-24(22)32/h1-5,12,22,27H,6-11,13-15H2,(H,28,31,32)/t22-/m1/s1/i1D,2D,3D,4D,5D,6D2,7D2,8D2,9D2,10D2,11D2,12D,13D2,14D2,15D2,22D. The van der Waals surface area contributed by atoms with Crippen molar-refractivity contribution in [2.75, 3.05) is 31.4 Å². The number of hydrogen-bond acceptors (Lipinski definition) is 6. The number of halogens is 1. The Bertz CT molecular complexity index is 2200. The van der Waals surface area contributed by atoms with Gasteiger partial charge in [-0.3, -0.25) is 24.6 Å². The molecule has 2 saturated heterocycles. The molecule has 0 spiro atoms. The summed E-state index contributed by atoms with van der Waals surface area (Å²) < 4.78 is 228. The molecule has 34 heavy (non-hydrogen) atoms. The number of imide groups is 1. The van der Waals surface area contributed by atoms with Crippen LogP contribution in [0.1, 0.15) is 74.1 Å². The molecule has 0 radical (unpaired) electrons. The smallest absolute Gasteiger partial charge is 0.255 e. The van der Waals surface area contributed by atoms with Crippen LogP contribution in [0.15, 0.2) is 36.3 Å². The molecule has 0 unspecified atom stereocenters. The maximum Gasteiger partial charge on any atom is 0.255 e. The first kappa shape index (κ1) is 7.60.